The second kappa shape index (κ2) is 6.20. The Hall–Kier alpha value is -1.35. The molecule has 1 aromatic rings. The highest BCUT2D eigenvalue weighted by Crippen LogP contribution is 2.29. The van der Waals surface area contributed by atoms with E-state index < -0.39 is 0 Å². The topological polar surface area (TPSA) is 55.1 Å². The molecule has 0 heterocycles. The minimum Gasteiger partial charge on any atom is -0.349 e. The van der Waals surface area contributed by atoms with Gasteiger partial charge in [-0.3, -0.25) is 4.79 Å². The lowest BCUT2D eigenvalue weighted by Gasteiger charge is -2.34. The highest BCUT2D eigenvalue weighted by atomic mass is 16.1. The second-order valence-corrected chi connectivity index (χ2v) is 5.75. The smallest absolute Gasteiger partial charge is 0.251 e. The summed E-state index contributed by atoms with van der Waals surface area (Å²) in [4.78, 5) is 12.3. The molecule has 1 amide bonds. The molecule has 0 aliphatic heterocycles. The Bertz CT molecular complexity index is 444. The fourth-order valence-corrected chi connectivity index (χ4v) is 2.88. The van der Waals surface area contributed by atoms with E-state index in [1.54, 1.807) is 0 Å². The minimum absolute atomic E-state index is 0.0289. The van der Waals surface area contributed by atoms with Gasteiger partial charge >= 0.3 is 0 Å². The van der Waals surface area contributed by atoms with Crippen LogP contribution >= 0.6 is 0 Å². The van der Waals surface area contributed by atoms with Gasteiger partial charge in [-0.25, -0.2) is 0 Å². The van der Waals surface area contributed by atoms with E-state index in [1.807, 2.05) is 24.3 Å². The summed E-state index contributed by atoms with van der Waals surface area (Å²) in [6.45, 7) is 4.99. The molecule has 0 radical (unpaired) electrons. The second-order valence-electron chi connectivity index (χ2n) is 5.75. The molecule has 3 atom stereocenters. The molecule has 104 valence electrons. The van der Waals surface area contributed by atoms with Crippen LogP contribution in [0.3, 0.4) is 0 Å². The van der Waals surface area contributed by atoms with Gasteiger partial charge in [-0.2, -0.15) is 0 Å². The van der Waals surface area contributed by atoms with Crippen LogP contribution in [-0.4, -0.2) is 11.9 Å². The van der Waals surface area contributed by atoms with Gasteiger partial charge in [-0.15, -0.1) is 0 Å². The number of nitrogens with one attached hydrogen (secondary N) is 1. The number of hydrogen-bond acceptors (Lipinski definition) is 2. The first-order chi connectivity index (χ1) is 9.11. The van der Waals surface area contributed by atoms with Crippen molar-refractivity contribution >= 4 is 5.91 Å². The summed E-state index contributed by atoms with van der Waals surface area (Å²) in [5.41, 5.74) is 7.33. The van der Waals surface area contributed by atoms with Gasteiger partial charge in [-0.1, -0.05) is 38.8 Å². The van der Waals surface area contributed by atoms with Crippen LogP contribution in [0.15, 0.2) is 24.3 Å². The lowest BCUT2D eigenvalue weighted by Crippen LogP contribution is -2.43. The summed E-state index contributed by atoms with van der Waals surface area (Å²) >= 11 is 0. The minimum atomic E-state index is 0.0289. The van der Waals surface area contributed by atoms with Crippen molar-refractivity contribution in [3.05, 3.63) is 35.4 Å². The first kappa shape index (κ1) is 14.1. The Morgan fingerprint density at radius 2 is 2.16 bits per heavy atom. The molecule has 19 heavy (non-hydrogen) atoms. The van der Waals surface area contributed by atoms with Crippen molar-refractivity contribution < 1.29 is 4.79 Å². The fourth-order valence-electron chi connectivity index (χ4n) is 2.88. The Balaban J connectivity index is 2.03. The molecule has 3 heteroatoms. The molecule has 1 aliphatic rings. The summed E-state index contributed by atoms with van der Waals surface area (Å²) in [6, 6.07) is 7.88. The predicted octanol–water partition coefficient (Wildman–Crippen LogP) is 2.70. The van der Waals surface area contributed by atoms with Crippen molar-refractivity contribution in [2.45, 2.75) is 45.7 Å². The van der Waals surface area contributed by atoms with Crippen molar-refractivity contribution in [1.82, 2.24) is 5.32 Å². The molecule has 1 aliphatic carbocycles. The van der Waals surface area contributed by atoms with Crippen LogP contribution in [0.1, 0.15) is 49.0 Å². The third-order valence-electron chi connectivity index (χ3n) is 4.45. The van der Waals surface area contributed by atoms with Crippen LogP contribution in [0.2, 0.25) is 0 Å². The van der Waals surface area contributed by atoms with Gasteiger partial charge in [0, 0.05) is 18.2 Å². The molecule has 0 spiro atoms. The Morgan fingerprint density at radius 3 is 2.89 bits per heavy atom. The van der Waals surface area contributed by atoms with Crippen LogP contribution < -0.4 is 11.1 Å². The van der Waals surface area contributed by atoms with Gasteiger partial charge in [0.25, 0.3) is 5.91 Å². The normalized spacial score (nSPS) is 27.0. The first-order valence-corrected chi connectivity index (χ1v) is 7.21. The molecule has 3 unspecified atom stereocenters. The molecule has 0 aromatic heterocycles. The van der Waals surface area contributed by atoms with Gasteiger partial charge in [0.1, 0.15) is 0 Å². The van der Waals surface area contributed by atoms with E-state index in [-0.39, 0.29) is 5.91 Å². The summed E-state index contributed by atoms with van der Waals surface area (Å²) in [6.07, 6.45) is 3.57. The summed E-state index contributed by atoms with van der Waals surface area (Å²) in [7, 11) is 0. The van der Waals surface area contributed by atoms with E-state index in [0.29, 0.717) is 30.0 Å². The van der Waals surface area contributed by atoms with E-state index in [1.165, 1.54) is 12.8 Å². The standard InChI is InChI=1S/C16H24N2O/c1-11-5-3-8-15(12(11)2)18-16(19)14-7-4-6-13(9-14)10-17/h4,6-7,9,11-12,15H,3,5,8,10,17H2,1-2H3,(H,18,19). The maximum Gasteiger partial charge on any atom is 0.251 e. The van der Waals surface area contributed by atoms with E-state index in [4.69, 9.17) is 5.73 Å². The van der Waals surface area contributed by atoms with Crippen molar-refractivity contribution in [2.24, 2.45) is 17.6 Å². The first-order valence-electron chi connectivity index (χ1n) is 7.21. The SMILES string of the molecule is CC1CCCC(NC(=O)c2cccc(CN)c2)C1C. The molecule has 3 N–H and O–H groups in total. The molecule has 2 rings (SSSR count). The van der Waals surface area contributed by atoms with Gasteiger partial charge < -0.3 is 11.1 Å². The van der Waals surface area contributed by atoms with Gasteiger partial charge in [0.05, 0.1) is 0 Å². The van der Waals surface area contributed by atoms with Crippen LogP contribution in [0.5, 0.6) is 0 Å². The number of benzene rings is 1. The fraction of sp³-hybridized carbons (Fsp3) is 0.562. The molecule has 1 saturated carbocycles. The molecule has 0 bridgehead atoms. The molecule has 1 aromatic carbocycles. The van der Waals surface area contributed by atoms with E-state index in [0.717, 1.165) is 12.0 Å². The molecule has 3 nitrogen and oxygen atoms in total. The highest BCUT2D eigenvalue weighted by Gasteiger charge is 2.28. The number of carbonyl (C=O) groups excluding carboxylic acids is 1. The van der Waals surface area contributed by atoms with Gasteiger partial charge in [-0.05, 0) is 36.0 Å². The van der Waals surface area contributed by atoms with E-state index in [9.17, 15) is 4.79 Å². The maximum absolute atomic E-state index is 12.3. The highest BCUT2D eigenvalue weighted by molar-refractivity contribution is 5.94. The Morgan fingerprint density at radius 1 is 1.37 bits per heavy atom. The average molecular weight is 260 g/mol. The summed E-state index contributed by atoms with van der Waals surface area (Å²) in [5.74, 6) is 1.27. The Kier molecular flexibility index (Phi) is 4.59. The zero-order valence-electron chi connectivity index (χ0n) is 11.9. The van der Waals surface area contributed by atoms with Crippen LogP contribution in [0.4, 0.5) is 0 Å². The number of rotatable bonds is 3. The van der Waals surface area contributed by atoms with Crippen molar-refractivity contribution in [2.75, 3.05) is 0 Å². The number of carbonyl (C=O) groups is 1. The molecule has 1 fully saturated rings. The van der Waals surface area contributed by atoms with Crippen LogP contribution in [0.25, 0.3) is 0 Å². The number of amides is 1. The van der Waals surface area contributed by atoms with E-state index in [2.05, 4.69) is 19.2 Å². The number of hydrogen-bond donors (Lipinski definition) is 2. The van der Waals surface area contributed by atoms with Crippen molar-refractivity contribution in [3.63, 3.8) is 0 Å². The zero-order valence-corrected chi connectivity index (χ0v) is 11.9. The largest absolute Gasteiger partial charge is 0.349 e. The molecular formula is C16H24N2O. The van der Waals surface area contributed by atoms with Crippen LogP contribution in [-0.2, 0) is 6.54 Å². The van der Waals surface area contributed by atoms with Crippen molar-refractivity contribution in [3.8, 4) is 0 Å². The lowest BCUT2D eigenvalue weighted by molar-refractivity contribution is 0.0891. The summed E-state index contributed by atoms with van der Waals surface area (Å²) < 4.78 is 0. The quantitative estimate of drug-likeness (QED) is 0.878. The summed E-state index contributed by atoms with van der Waals surface area (Å²) in [5, 5.41) is 3.19. The predicted molar refractivity (Wildman–Crippen MR) is 77.8 cm³/mol. The number of nitrogens with two attached hydrogens (primary N) is 1. The third-order valence-corrected chi connectivity index (χ3v) is 4.45. The van der Waals surface area contributed by atoms with Gasteiger partial charge in [0.2, 0.25) is 0 Å². The Labute approximate surface area is 115 Å². The van der Waals surface area contributed by atoms with Crippen molar-refractivity contribution in [1.29, 1.82) is 0 Å². The molecule has 0 saturated heterocycles. The van der Waals surface area contributed by atoms with Crippen LogP contribution in [0, 0.1) is 11.8 Å². The monoisotopic (exact) mass is 260 g/mol. The molecular weight excluding hydrogens is 236 g/mol. The average Bonchev–Trinajstić information content (AvgIpc) is 2.44. The maximum atomic E-state index is 12.3. The third kappa shape index (κ3) is 3.35. The van der Waals surface area contributed by atoms with Gasteiger partial charge in [0.15, 0.2) is 0 Å². The van der Waals surface area contributed by atoms with E-state index >= 15 is 0 Å². The zero-order chi connectivity index (χ0) is 13.8. The lowest BCUT2D eigenvalue weighted by atomic mass is 9.78.